The molecule has 7 rings (SSSR count). The molecule has 10 heteroatoms. The van der Waals surface area contributed by atoms with Gasteiger partial charge >= 0.3 is 0 Å². The number of rotatable bonds is 4. The molecule has 2 fully saturated rings. The van der Waals surface area contributed by atoms with E-state index in [1.807, 2.05) is 42.6 Å². The average molecular weight is 598 g/mol. The number of aromatic amines is 1. The molecule has 0 aliphatic carbocycles. The van der Waals surface area contributed by atoms with Gasteiger partial charge in [-0.2, -0.15) is 0 Å². The first kappa shape index (κ1) is 24.7. The quantitative estimate of drug-likeness (QED) is 0.264. The number of halogens is 1. The van der Waals surface area contributed by atoms with Crippen LogP contribution in [0.15, 0.2) is 77.4 Å². The molecule has 200 valence electrons. The molecule has 0 bridgehead atoms. The van der Waals surface area contributed by atoms with E-state index in [1.54, 1.807) is 30.3 Å². The fraction of sp³-hybridized carbons (Fsp3) is 0.200. The van der Waals surface area contributed by atoms with Crippen molar-refractivity contribution in [2.75, 3.05) is 15.5 Å². The Balaban J connectivity index is 1.34. The summed E-state index contributed by atoms with van der Waals surface area (Å²) in [5.74, 6) is -3.07. The zero-order chi connectivity index (χ0) is 27.8. The fourth-order valence-electron chi connectivity index (χ4n) is 6.64. The molecule has 4 unspecified atom stereocenters. The van der Waals surface area contributed by atoms with Crippen molar-refractivity contribution in [1.82, 2.24) is 10.3 Å². The molecule has 4 heterocycles. The Morgan fingerprint density at radius 3 is 2.58 bits per heavy atom. The summed E-state index contributed by atoms with van der Waals surface area (Å²) in [5.41, 5.74) is 2.78. The summed E-state index contributed by atoms with van der Waals surface area (Å²) in [4.78, 5) is 58.1. The normalized spacial score (nSPS) is 25.0. The van der Waals surface area contributed by atoms with Gasteiger partial charge in [-0.05, 0) is 60.5 Å². The Labute approximate surface area is 237 Å². The molecule has 0 radical (unpaired) electrons. The second-order valence-corrected chi connectivity index (χ2v) is 11.4. The summed E-state index contributed by atoms with van der Waals surface area (Å²) in [7, 11) is 0. The smallest absolute Gasteiger partial charge is 0.250 e. The lowest BCUT2D eigenvalue weighted by atomic mass is 9.76. The number of fused-ring (bicyclic) bond motifs is 5. The molecule has 1 aromatic heterocycles. The third kappa shape index (κ3) is 3.49. The summed E-state index contributed by atoms with van der Waals surface area (Å²) in [6, 6.07) is 19.5. The van der Waals surface area contributed by atoms with Crippen LogP contribution in [0.3, 0.4) is 0 Å². The van der Waals surface area contributed by atoms with Crippen LogP contribution < -0.4 is 20.9 Å². The van der Waals surface area contributed by atoms with Crippen molar-refractivity contribution in [1.29, 1.82) is 0 Å². The predicted octanol–water partition coefficient (Wildman–Crippen LogP) is 4.06. The number of hydrogen-bond acceptors (Lipinski definition) is 5. The number of carbonyl (C=O) groups is 4. The number of nitrogens with zero attached hydrogens (tertiary/aromatic N) is 1. The Morgan fingerprint density at radius 2 is 1.80 bits per heavy atom. The minimum absolute atomic E-state index is 0.221. The number of H-pyrrole nitrogens is 1. The summed E-state index contributed by atoms with van der Waals surface area (Å²) >= 11 is 3.51. The van der Waals surface area contributed by atoms with E-state index < -0.39 is 29.3 Å². The molecule has 3 aliphatic heterocycles. The molecule has 40 heavy (non-hydrogen) atoms. The molecular formula is C30H24BrN5O4. The molecule has 3 aromatic carbocycles. The molecule has 3 aliphatic rings. The molecule has 4 N–H and O–H groups in total. The van der Waals surface area contributed by atoms with Crippen molar-refractivity contribution in [3.8, 4) is 0 Å². The van der Waals surface area contributed by atoms with Crippen LogP contribution in [0.5, 0.6) is 0 Å². The van der Waals surface area contributed by atoms with Crippen molar-refractivity contribution in [3.63, 3.8) is 0 Å². The number of hydrogen-bond donors (Lipinski definition) is 4. The van der Waals surface area contributed by atoms with Gasteiger partial charge in [0, 0.05) is 51.5 Å². The van der Waals surface area contributed by atoms with E-state index >= 15 is 0 Å². The van der Waals surface area contributed by atoms with Crippen molar-refractivity contribution in [2.24, 2.45) is 11.8 Å². The predicted molar refractivity (Wildman–Crippen MR) is 154 cm³/mol. The Hall–Kier alpha value is -4.28. The summed E-state index contributed by atoms with van der Waals surface area (Å²) < 4.78 is 0.766. The number of amides is 4. The maximum absolute atomic E-state index is 14.2. The van der Waals surface area contributed by atoms with Crippen LogP contribution >= 0.6 is 15.9 Å². The zero-order valence-corrected chi connectivity index (χ0v) is 22.9. The molecule has 1 spiro atoms. The average Bonchev–Trinajstić information content (AvgIpc) is 3.64. The van der Waals surface area contributed by atoms with E-state index in [-0.39, 0.29) is 17.7 Å². The second-order valence-electron chi connectivity index (χ2n) is 10.5. The van der Waals surface area contributed by atoms with Crippen LogP contribution in [0.1, 0.15) is 18.1 Å². The first-order valence-electron chi connectivity index (χ1n) is 13.0. The van der Waals surface area contributed by atoms with Gasteiger partial charge in [0.15, 0.2) is 0 Å². The van der Waals surface area contributed by atoms with Crippen LogP contribution in [0.25, 0.3) is 10.9 Å². The Morgan fingerprint density at radius 1 is 1.02 bits per heavy atom. The summed E-state index contributed by atoms with van der Waals surface area (Å²) in [6.07, 6.45) is 2.36. The topological polar surface area (TPSA) is 123 Å². The number of aromatic nitrogens is 1. The maximum atomic E-state index is 14.2. The number of anilines is 3. The van der Waals surface area contributed by atoms with Gasteiger partial charge in [-0.3, -0.25) is 24.5 Å². The lowest BCUT2D eigenvalue weighted by Crippen LogP contribution is -2.53. The van der Waals surface area contributed by atoms with Gasteiger partial charge in [-0.25, -0.2) is 4.90 Å². The van der Waals surface area contributed by atoms with Crippen molar-refractivity contribution < 1.29 is 19.2 Å². The van der Waals surface area contributed by atoms with E-state index in [0.29, 0.717) is 29.0 Å². The number of carbonyl (C=O) groups excluding carboxylic acids is 4. The molecule has 4 atom stereocenters. The monoisotopic (exact) mass is 597 g/mol. The molecule has 9 nitrogen and oxygen atoms in total. The lowest BCUT2D eigenvalue weighted by Gasteiger charge is -2.29. The van der Waals surface area contributed by atoms with Gasteiger partial charge in [0.05, 0.1) is 17.5 Å². The molecule has 0 saturated carbocycles. The maximum Gasteiger partial charge on any atom is 0.250 e. The van der Waals surface area contributed by atoms with Crippen LogP contribution in [-0.4, -0.2) is 34.7 Å². The third-order valence-corrected chi connectivity index (χ3v) is 8.73. The van der Waals surface area contributed by atoms with E-state index in [2.05, 4.69) is 36.9 Å². The first-order valence-corrected chi connectivity index (χ1v) is 13.8. The Kier molecular flexibility index (Phi) is 5.48. The number of nitrogens with one attached hydrogen (secondary N) is 4. The van der Waals surface area contributed by atoms with Crippen LogP contribution in [0.4, 0.5) is 17.1 Å². The largest absolute Gasteiger partial charge is 0.361 e. The van der Waals surface area contributed by atoms with Gasteiger partial charge < -0.3 is 15.6 Å². The minimum Gasteiger partial charge on any atom is -0.361 e. The van der Waals surface area contributed by atoms with Crippen molar-refractivity contribution >= 4 is 67.5 Å². The van der Waals surface area contributed by atoms with E-state index in [0.717, 1.165) is 20.9 Å². The summed E-state index contributed by atoms with van der Waals surface area (Å²) in [5, 5.41) is 10.2. The molecule has 4 aromatic rings. The fourth-order valence-corrected chi connectivity index (χ4v) is 7.00. The Bertz CT molecular complexity index is 1750. The highest BCUT2D eigenvalue weighted by molar-refractivity contribution is 9.10. The van der Waals surface area contributed by atoms with Gasteiger partial charge in [0.2, 0.25) is 23.6 Å². The number of imide groups is 1. The van der Waals surface area contributed by atoms with E-state index in [1.165, 1.54) is 11.8 Å². The SMILES string of the molecule is CC(=O)Nc1ccc(N2C(=O)C3C(Cc4c[nH]c5ccccc45)NC4(C(=O)Nc5ccc(Br)cc54)C3C2=O)cc1. The number of benzene rings is 3. The molecule has 2 saturated heterocycles. The minimum atomic E-state index is -1.40. The highest BCUT2D eigenvalue weighted by atomic mass is 79.9. The third-order valence-electron chi connectivity index (χ3n) is 8.24. The van der Waals surface area contributed by atoms with Crippen molar-refractivity contribution in [2.45, 2.75) is 24.9 Å². The van der Waals surface area contributed by atoms with Crippen LogP contribution in [0, 0.1) is 11.8 Å². The van der Waals surface area contributed by atoms with Gasteiger partial charge in [0.25, 0.3) is 0 Å². The molecular weight excluding hydrogens is 574 g/mol. The first-order chi connectivity index (χ1) is 19.3. The van der Waals surface area contributed by atoms with E-state index in [4.69, 9.17) is 0 Å². The zero-order valence-electron chi connectivity index (χ0n) is 21.3. The highest BCUT2D eigenvalue weighted by Gasteiger charge is 2.70. The standard InChI is InChI=1S/C30H24BrN5O4/c1-15(37)33-18-7-9-19(10-8-18)36-27(38)25-24(12-16-14-32-22-5-3-2-4-20(16)22)35-30(26(25)28(36)39)21-13-17(31)6-11-23(21)34-29(30)40/h2-11,13-14,24-26,32,35H,12H2,1H3,(H,33,37)(H,34,40). The highest BCUT2D eigenvalue weighted by Crippen LogP contribution is 2.54. The second kappa shape index (κ2) is 8.87. The van der Waals surface area contributed by atoms with Crippen LogP contribution in [-0.2, 0) is 31.1 Å². The van der Waals surface area contributed by atoms with Gasteiger partial charge in [0.1, 0.15) is 5.54 Å². The number of para-hydroxylation sites is 1. The van der Waals surface area contributed by atoms with Gasteiger partial charge in [-0.1, -0.05) is 34.1 Å². The van der Waals surface area contributed by atoms with E-state index in [9.17, 15) is 19.2 Å². The molecule has 4 amide bonds. The lowest BCUT2D eigenvalue weighted by molar-refractivity contribution is -0.130. The van der Waals surface area contributed by atoms with Gasteiger partial charge in [-0.15, -0.1) is 0 Å². The van der Waals surface area contributed by atoms with Crippen molar-refractivity contribution in [3.05, 3.63) is 88.5 Å². The summed E-state index contributed by atoms with van der Waals surface area (Å²) in [6.45, 7) is 1.41. The van der Waals surface area contributed by atoms with Crippen LogP contribution in [0.2, 0.25) is 0 Å².